The van der Waals surface area contributed by atoms with Gasteiger partial charge in [0.1, 0.15) is 28.7 Å². The Labute approximate surface area is 738 Å². The maximum absolute atomic E-state index is 13.8. The molecule has 20 rings (SSSR count). The zero-order valence-electron chi connectivity index (χ0n) is 74.1. The first-order chi connectivity index (χ1) is 61.6. The Kier molecular flexibility index (Phi) is 22.7. The standard InChI is InChI=1S/C42H43N3O2.C36H26N2O3.C31H39N3O4/c1-7-43(8-2)31-25-23-30(24-26-31)42(36-20-14-11-17-32(36)41(46)47-42)27-35(39-28(5)44(9-3)37-21-15-12-18-33(37)39)40-29(6)45(10-4)38-22-16-13-19-34(38)40;39-35-27-9-3-4-10-28(27)36(41-35)29-15-13-25(37-19-17-23-7-1-5-11-31(23)37)21-33(29)40-34-22-26(14-16-30(34)36)38-20-18-24-8-2-6-12-32(24)38;1-7-33(8-2)22-15-17-25(27(20-22)36-11-5)31(29-24(30(35)38-31)14-13-19-32-29)26-18-16-23(34(9-3)10-4)21-28(26)37-12-6/h11-27H,7-10H2,1-6H3;1-16,21-22H,17-20H2;13-21H,7-12H2,1-6H3. The predicted molar refractivity (Wildman–Crippen MR) is 505 cm³/mol. The Hall–Kier alpha value is -13.8. The van der Waals surface area contributed by atoms with Crippen LogP contribution in [0.1, 0.15) is 179 Å². The van der Waals surface area contributed by atoms with Crippen molar-refractivity contribution in [3.8, 4) is 23.0 Å². The van der Waals surface area contributed by atoms with Crippen LogP contribution >= 0.6 is 0 Å². The largest absolute Gasteiger partial charge is 0.493 e. The first-order valence-corrected chi connectivity index (χ1v) is 44.9. The van der Waals surface area contributed by atoms with E-state index in [-0.39, 0.29) is 11.9 Å². The van der Waals surface area contributed by atoms with E-state index < -0.39 is 22.8 Å². The minimum absolute atomic E-state index is 0.301. The maximum atomic E-state index is 13.8. The molecule has 0 saturated carbocycles. The van der Waals surface area contributed by atoms with Crippen molar-refractivity contribution in [1.82, 2.24) is 14.1 Å². The van der Waals surface area contributed by atoms with Crippen molar-refractivity contribution in [3.05, 3.63) is 362 Å². The number of aromatic nitrogens is 3. The highest BCUT2D eigenvalue weighted by Gasteiger charge is 2.56. The molecule has 126 heavy (non-hydrogen) atoms. The van der Waals surface area contributed by atoms with Gasteiger partial charge in [-0.05, 0) is 228 Å². The quantitative estimate of drug-likeness (QED) is 0.0442. The number of carbonyl (C=O) groups excluding carboxylic acids is 3. The second-order valence-electron chi connectivity index (χ2n) is 32.6. The summed E-state index contributed by atoms with van der Waals surface area (Å²) in [6.45, 7) is 35.4. The lowest BCUT2D eigenvalue weighted by atomic mass is 9.77. The lowest BCUT2D eigenvalue weighted by Crippen LogP contribution is -2.33. The lowest BCUT2D eigenvalue weighted by Gasteiger charge is -2.37. The summed E-state index contributed by atoms with van der Waals surface area (Å²) in [7, 11) is 0. The number of pyridine rings is 1. The number of cyclic esters (lactones) is 2. The third-order valence-corrected chi connectivity index (χ3v) is 26.4. The Morgan fingerprint density at radius 1 is 0.413 bits per heavy atom. The van der Waals surface area contributed by atoms with Crippen LogP contribution in [0.15, 0.2) is 267 Å². The van der Waals surface area contributed by atoms with Crippen LogP contribution in [-0.2, 0) is 56.9 Å². The van der Waals surface area contributed by atoms with E-state index in [2.05, 4.69) is 285 Å². The fraction of sp³-hybridized carbons (Fsp3) is 0.266. The monoisotopic (exact) mass is 1670 g/mol. The minimum Gasteiger partial charge on any atom is -0.493 e. The number of nitrogens with zero attached hydrogens (tertiary/aromatic N) is 8. The molecule has 6 aliphatic heterocycles. The van der Waals surface area contributed by atoms with Gasteiger partial charge >= 0.3 is 17.9 Å². The van der Waals surface area contributed by atoms with Crippen LogP contribution in [-0.4, -0.2) is 97.6 Å². The molecule has 11 aromatic carbocycles. The van der Waals surface area contributed by atoms with Crippen LogP contribution in [0.25, 0.3) is 27.4 Å². The van der Waals surface area contributed by atoms with Crippen LogP contribution in [0.2, 0.25) is 0 Å². The van der Waals surface area contributed by atoms with E-state index in [0.29, 0.717) is 58.6 Å². The van der Waals surface area contributed by atoms with E-state index in [4.69, 9.17) is 33.4 Å². The minimum atomic E-state index is -1.33. The summed E-state index contributed by atoms with van der Waals surface area (Å²) in [6, 6.07) is 87.0. The number of ether oxygens (including phenoxy) is 6. The van der Waals surface area contributed by atoms with E-state index in [9.17, 15) is 14.4 Å². The zero-order valence-corrected chi connectivity index (χ0v) is 74.1. The topological polar surface area (TPSA) is 146 Å². The van der Waals surface area contributed by atoms with Crippen molar-refractivity contribution in [1.29, 1.82) is 0 Å². The molecule has 3 aromatic heterocycles. The van der Waals surface area contributed by atoms with Crippen molar-refractivity contribution in [3.63, 3.8) is 0 Å². The molecular weight excluding hydrogens is 1570 g/mol. The van der Waals surface area contributed by atoms with E-state index in [0.717, 1.165) is 151 Å². The Morgan fingerprint density at radius 2 is 0.833 bits per heavy atom. The highest BCUT2D eigenvalue weighted by Crippen LogP contribution is 2.59. The number of benzene rings is 11. The van der Waals surface area contributed by atoms with Gasteiger partial charge in [-0.15, -0.1) is 0 Å². The van der Waals surface area contributed by atoms with Crippen LogP contribution in [0.4, 0.5) is 39.8 Å². The summed E-state index contributed by atoms with van der Waals surface area (Å²) in [5, 5.41) is 2.38. The van der Waals surface area contributed by atoms with Crippen molar-refractivity contribution >= 4 is 85.1 Å². The molecule has 0 N–H and O–H groups in total. The molecule has 638 valence electrons. The first kappa shape index (κ1) is 83.1. The molecule has 1 atom stereocenters. The number of carbonyl (C=O) groups is 3. The molecule has 6 aliphatic rings. The van der Waals surface area contributed by atoms with Crippen molar-refractivity contribution in [2.45, 2.75) is 126 Å². The average Bonchev–Trinajstić information content (AvgIpc) is 1.50. The molecule has 0 aliphatic carbocycles. The highest BCUT2D eigenvalue weighted by atomic mass is 16.6. The third-order valence-electron chi connectivity index (χ3n) is 26.4. The van der Waals surface area contributed by atoms with E-state index in [1.807, 2.05) is 80.6 Å². The molecule has 1 unspecified atom stereocenters. The fourth-order valence-corrected chi connectivity index (χ4v) is 20.5. The Bertz CT molecular complexity index is 6300. The second kappa shape index (κ2) is 34.4. The Balaban J connectivity index is 0.000000129. The van der Waals surface area contributed by atoms with Gasteiger partial charge in [0.25, 0.3) is 0 Å². The zero-order chi connectivity index (χ0) is 87.3. The summed E-state index contributed by atoms with van der Waals surface area (Å²) >= 11 is 0. The molecule has 17 heteroatoms. The maximum Gasteiger partial charge on any atom is 0.341 e. The number of aryl methyl sites for hydroxylation is 2. The molecule has 1 spiro atoms. The number of anilines is 7. The molecular formula is C109H108N8O9. The highest BCUT2D eigenvalue weighted by molar-refractivity contribution is 6.07. The van der Waals surface area contributed by atoms with Crippen LogP contribution in [0, 0.1) is 13.8 Å². The molecule has 17 nitrogen and oxygen atoms in total. The fourth-order valence-electron chi connectivity index (χ4n) is 20.5. The molecule has 14 aromatic rings. The molecule has 9 heterocycles. The van der Waals surface area contributed by atoms with Crippen LogP contribution in [0.5, 0.6) is 23.0 Å². The SMILES string of the molecule is CCN(CC)c1ccc(C2(C=C(c3c(C)n(CC)c4ccccc34)c3c(C)n(CC)c4ccccc34)OC(=O)c3ccccc32)cc1.CCOc1cc(N(CC)CC)ccc1C1(c2ccc(N(CC)CC)cc2OCC)OC(=O)c2cccnc21.O=C1OC2(c3ccc(N4CCc5ccccc54)cc3Oc3cc(N4CCc5ccccc54)ccc32)c2ccccc21. The van der Waals surface area contributed by atoms with Gasteiger partial charge in [-0.25, -0.2) is 14.4 Å². The summed E-state index contributed by atoms with van der Waals surface area (Å²) in [4.78, 5) is 56.7. The van der Waals surface area contributed by atoms with Gasteiger partial charge in [0.15, 0.2) is 11.2 Å². The van der Waals surface area contributed by atoms with Gasteiger partial charge in [-0.3, -0.25) is 4.98 Å². The van der Waals surface area contributed by atoms with Gasteiger partial charge in [-0.1, -0.05) is 121 Å². The number of para-hydroxylation sites is 4. The number of rotatable bonds is 23. The van der Waals surface area contributed by atoms with Crippen LogP contribution in [0.3, 0.4) is 0 Å². The second-order valence-corrected chi connectivity index (χ2v) is 32.6. The molecule has 0 fully saturated rings. The Morgan fingerprint density at radius 3 is 1.34 bits per heavy atom. The summed E-state index contributed by atoms with van der Waals surface area (Å²) < 4.78 is 43.4. The van der Waals surface area contributed by atoms with Gasteiger partial charge < -0.3 is 62.1 Å². The molecule has 0 amide bonds. The number of fused-ring (bicyclic) bond motifs is 12. The van der Waals surface area contributed by atoms with Crippen molar-refractivity contribution < 1.29 is 42.8 Å². The summed E-state index contributed by atoms with van der Waals surface area (Å²) in [5.41, 5.74) is 23.2. The molecule has 0 bridgehead atoms. The smallest absolute Gasteiger partial charge is 0.341 e. The van der Waals surface area contributed by atoms with E-state index >= 15 is 0 Å². The van der Waals surface area contributed by atoms with Crippen molar-refractivity contribution in [2.75, 3.05) is 90.1 Å². The summed E-state index contributed by atoms with van der Waals surface area (Å²) in [6.07, 6.45) is 5.97. The van der Waals surface area contributed by atoms with E-state index in [1.54, 1.807) is 18.3 Å². The number of hydrogen-bond donors (Lipinski definition) is 0. The first-order valence-electron chi connectivity index (χ1n) is 44.9. The van der Waals surface area contributed by atoms with Gasteiger partial charge in [0, 0.05) is 219 Å². The number of esters is 3. The summed E-state index contributed by atoms with van der Waals surface area (Å²) in [5.74, 6) is 1.69. The van der Waals surface area contributed by atoms with Gasteiger partial charge in [-0.2, -0.15) is 0 Å². The van der Waals surface area contributed by atoms with Crippen LogP contribution < -0.4 is 38.7 Å². The average molecular weight is 1670 g/mol. The van der Waals surface area contributed by atoms with Gasteiger partial charge in [0.2, 0.25) is 5.60 Å². The number of hydrogen-bond acceptors (Lipinski definition) is 15. The molecule has 0 saturated heterocycles. The predicted octanol–water partition coefficient (Wildman–Crippen LogP) is 23.3. The molecule has 0 radical (unpaired) electrons. The van der Waals surface area contributed by atoms with Crippen molar-refractivity contribution in [2.24, 2.45) is 0 Å². The normalized spacial score (nSPS) is 15.4. The van der Waals surface area contributed by atoms with Gasteiger partial charge in [0.05, 0.1) is 29.9 Å². The third kappa shape index (κ3) is 13.7. The lowest BCUT2D eigenvalue weighted by molar-refractivity contribution is 0.0216. The van der Waals surface area contributed by atoms with E-state index in [1.165, 1.54) is 66.8 Å².